The van der Waals surface area contributed by atoms with Crippen LogP contribution in [0.5, 0.6) is 0 Å². The first-order valence-electron chi connectivity index (χ1n) is 5.55. The van der Waals surface area contributed by atoms with E-state index in [0.29, 0.717) is 18.5 Å². The fourth-order valence-electron chi connectivity index (χ4n) is 1.73. The molecule has 0 aliphatic rings. The summed E-state index contributed by atoms with van der Waals surface area (Å²) in [5.74, 6) is 0. The van der Waals surface area contributed by atoms with Gasteiger partial charge in [-0.15, -0.1) is 0 Å². The van der Waals surface area contributed by atoms with Crippen LogP contribution in [0, 0.1) is 6.92 Å². The van der Waals surface area contributed by atoms with Crippen LogP contribution < -0.4 is 10.9 Å². The van der Waals surface area contributed by atoms with Crippen LogP contribution in [-0.2, 0) is 0 Å². The zero-order valence-electron chi connectivity index (χ0n) is 9.63. The van der Waals surface area contributed by atoms with Gasteiger partial charge in [-0.1, -0.05) is 0 Å². The first-order chi connectivity index (χ1) is 8.20. The highest BCUT2D eigenvalue weighted by atomic mass is 19.1. The molecule has 0 aliphatic heterocycles. The standard InChI is InChI=1S/C13H14FNO2/c1-9-7-13(16)17-12-8-10(3-4-11(9)12)15-6-2-5-14/h3-4,7-8,15H,2,5-6H2,1H3. The lowest BCUT2D eigenvalue weighted by molar-refractivity contribution is 0.481. The average Bonchev–Trinajstić information content (AvgIpc) is 2.28. The van der Waals surface area contributed by atoms with Gasteiger partial charge in [0.25, 0.3) is 0 Å². The van der Waals surface area contributed by atoms with Crippen molar-refractivity contribution in [3.05, 3.63) is 40.2 Å². The second kappa shape index (κ2) is 4.99. The van der Waals surface area contributed by atoms with E-state index in [1.54, 1.807) is 6.07 Å². The Morgan fingerprint density at radius 2 is 2.18 bits per heavy atom. The largest absolute Gasteiger partial charge is 0.423 e. The molecular weight excluding hydrogens is 221 g/mol. The third-order valence-corrected chi connectivity index (χ3v) is 2.59. The lowest BCUT2D eigenvalue weighted by Gasteiger charge is -2.06. The molecule has 0 aliphatic carbocycles. The van der Waals surface area contributed by atoms with E-state index in [9.17, 15) is 9.18 Å². The van der Waals surface area contributed by atoms with Crippen LogP contribution in [0.1, 0.15) is 12.0 Å². The molecule has 0 bridgehead atoms. The number of aryl methyl sites for hydroxylation is 1. The van der Waals surface area contributed by atoms with Gasteiger partial charge < -0.3 is 9.73 Å². The fraction of sp³-hybridized carbons (Fsp3) is 0.308. The predicted molar refractivity (Wildman–Crippen MR) is 66.3 cm³/mol. The number of rotatable bonds is 4. The molecule has 90 valence electrons. The van der Waals surface area contributed by atoms with Crippen molar-refractivity contribution >= 4 is 16.7 Å². The first-order valence-corrected chi connectivity index (χ1v) is 5.55. The minimum absolute atomic E-state index is 0.339. The molecular formula is C13H14FNO2. The molecule has 4 heteroatoms. The van der Waals surface area contributed by atoms with E-state index in [2.05, 4.69) is 5.32 Å². The number of fused-ring (bicyclic) bond motifs is 1. The van der Waals surface area contributed by atoms with Crippen LogP contribution in [0.15, 0.2) is 33.5 Å². The molecule has 1 heterocycles. The summed E-state index contributed by atoms with van der Waals surface area (Å²) >= 11 is 0. The van der Waals surface area contributed by atoms with Crippen LogP contribution in [0.2, 0.25) is 0 Å². The Kier molecular flexibility index (Phi) is 3.42. The molecule has 0 atom stereocenters. The smallest absolute Gasteiger partial charge is 0.336 e. The van der Waals surface area contributed by atoms with E-state index in [1.165, 1.54) is 6.07 Å². The Hall–Kier alpha value is -1.84. The lowest BCUT2D eigenvalue weighted by atomic mass is 10.1. The van der Waals surface area contributed by atoms with Crippen molar-refractivity contribution in [1.82, 2.24) is 0 Å². The highest BCUT2D eigenvalue weighted by Crippen LogP contribution is 2.20. The summed E-state index contributed by atoms with van der Waals surface area (Å²) < 4.78 is 17.1. The molecule has 0 unspecified atom stereocenters. The van der Waals surface area contributed by atoms with Crippen molar-refractivity contribution in [1.29, 1.82) is 0 Å². The quantitative estimate of drug-likeness (QED) is 0.654. The van der Waals surface area contributed by atoms with Gasteiger partial charge in [-0.3, -0.25) is 4.39 Å². The number of anilines is 1. The Morgan fingerprint density at radius 1 is 1.35 bits per heavy atom. The van der Waals surface area contributed by atoms with Crippen LogP contribution in [0.3, 0.4) is 0 Å². The van der Waals surface area contributed by atoms with Crippen LogP contribution >= 0.6 is 0 Å². The van der Waals surface area contributed by atoms with Crippen LogP contribution in [-0.4, -0.2) is 13.2 Å². The fourth-order valence-corrected chi connectivity index (χ4v) is 1.73. The molecule has 17 heavy (non-hydrogen) atoms. The SMILES string of the molecule is Cc1cc(=O)oc2cc(NCCCF)ccc12. The second-order valence-corrected chi connectivity index (χ2v) is 3.93. The van der Waals surface area contributed by atoms with Gasteiger partial charge in [0.1, 0.15) is 5.58 Å². The molecule has 2 aromatic rings. The lowest BCUT2D eigenvalue weighted by Crippen LogP contribution is -2.03. The van der Waals surface area contributed by atoms with Crippen LogP contribution in [0.25, 0.3) is 11.0 Å². The van der Waals surface area contributed by atoms with Crippen molar-refractivity contribution in [2.45, 2.75) is 13.3 Å². The number of hydrogen-bond acceptors (Lipinski definition) is 3. The molecule has 0 amide bonds. The van der Waals surface area contributed by atoms with E-state index in [0.717, 1.165) is 16.6 Å². The van der Waals surface area contributed by atoms with E-state index in [4.69, 9.17) is 4.42 Å². The maximum absolute atomic E-state index is 12.0. The van der Waals surface area contributed by atoms with Gasteiger partial charge in [0.15, 0.2) is 0 Å². The normalized spacial score (nSPS) is 10.7. The number of alkyl halides is 1. The summed E-state index contributed by atoms with van der Waals surface area (Å²) in [6.07, 6.45) is 0.468. The summed E-state index contributed by atoms with van der Waals surface area (Å²) in [5.41, 5.74) is 1.93. The average molecular weight is 235 g/mol. The summed E-state index contributed by atoms with van der Waals surface area (Å²) in [6, 6.07) is 7.03. The third-order valence-electron chi connectivity index (χ3n) is 2.59. The van der Waals surface area contributed by atoms with Gasteiger partial charge in [0.05, 0.1) is 6.67 Å². The number of halogens is 1. The highest BCUT2D eigenvalue weighted by molar-refractivity contribution is 5.83. The Bertz CT molecular complexity index is 577. The van der Waals surface area contributed by atoms with Crippen molar-refractivity contribution in [2.24, 2.45) is 0 Å². The summed E-state index contributed by atoms with van der Waals surface area (Å²) in [7, 11) is 0. The minimum Gasteiger partial charge on any atom is -0.423 e. The second-order valence-electron chi connectivity index (χ2n) is 3.93. The monoisotopic (exact) mass is 235 g/mol. The van der Waals surface area contributed by atoms with E-state index < -0.39 is 0 Å². The molecule has 3 nitrogen and oxygen atoms in total. The Labute approximate surface area is 98.3 Å². The van der Waals surface area contributed by atoms with Crippen LogP contribution in [0.4, 0.5) is 10.1 Å². The number of nitrogens with one attached hydrogen (secondary N) is 1. The number of hydrogen-bond donors (Lipinski definition) is 1. The maximum Gasteiger partial charge on any atom is 0.336 e. The molecule has 0 saturated carbocycles. The maximum atomic E-state index is 12.0. The van der Waals surface area contributed by atoms with Gasteiger partial charge in [-0.2, -0.15) is 0 Å². The molecule has 1 aromatic carbocycles. The van der Waals surface area contributed by atoms with Crippen molar-refractivity contribution in [3.63, 3.8) is 0 Å². The van der Waals surface area contributed by atoms with Gasteiger partial charge in [-0.25, -0.2) is 4.79 Å². The Morgan fingerprint density at radius 3 is 2.94 bits per heavy atom. The van der Waals surface area contributed by atoms with Crippen molar-refractivity contribution in [2.75, 3.05) is 18.5 Å². The molecule has 1 N–H and O–H groups in total. The third kappa shape index (κ3) is 2.64. The molecule has 2 rings (SSSR count). The minimum atomic E-state index is -0.351. The highest BCUT2D eigenvalue weighted by Gasteiger charge is 2.02. The topological polar surface area (TPSA) is 42.2 Å². The van der Waals surface area contributed by atoms with E-state index >= 15 is 0 Å². The summed E-state index contributed by atoms with van der Waals surface area (Å²) in [4.78, 5) is 11.2. The molecule has 0 spiro atoms. The zero-order chi connectivity index (χ0) is 12.3. The number of benzene rings is 1. The van der Waals surface area contributed by atoms with Crippen molar-refractivity contribution < 1.29 is 8.81 Å². The predicted octanol–water partition coefficient (Wildman–Crippen LogP) is 2.87. The molecule has 0 radical (unpaired) electrons. The van der Waals surface area contributed by atoms with Gasteiger partial charge >= 0.3 is 5.63 Å². The summed E-state index contributed by atoms with van der Waals surface area (Å²) in [5, 5.41) is 3.99. The van der Waals surface area contributed by atoms with Gasteiger partial charge in [0, 0.05) is 29.8 Å². The molecule has 1 aromatic heterocycles. The molecule has 0 saturated heterocycles. The van der Waals surface area contributed by atoms with Gasteiger partial charge in [-0.05, 0) is 31.0 Å². The van der Waals surface area contributed by atoms with Crippen molar-refractivity contribution in [3.8, 4) is 0 Å². The van der Waals surface area contributed by atoms with E-state index in [-0.39, 0.29) is 12.3 Å². The first kappa shape index (κ1) is 11.6. The van der Waals surface area contributed by atoms with E-state index in [1.807, 2.05) is 19.1 Å². The Balaban J connectivity index is 2.33. The summed E-state index contributed by atoms with van der Waals surface area (Å²) in [6.45, 7) is 2.10. The van der Waals surface area contributed by atoms with Gasteiger partial charge in [0.2, 0.25) is 0 Å². The zero-order valence-corrected chi connectivity index (χ0v) is 9.63. The molecule has 0 fully saturated rings.